The molecule has 3 aromatic rings. The van der Waals surface area contributed by atoms with Crippen molar-refractivity contribution in [2.24, 2.45) is 5.73 Å². The molecule has 4 rings (SSSR count). The summed E-state index contributed by atoms with van der Waals surface area (Å²) in [6.07, 6.45) is 1.69. The van der Waals surface area contributed by atoms with E-state index in [4.69, 9.17) is 20.2 Å². The third kappa shape index (κ3) is 5.59. The van der Waals surface area contributed by atoms with Gasteiger partial charge in [0.15, 0.2) is 17.4 Å². The number of nitrogens with zero attached hydrogens (tertiary/aromatic N) is 3. The van der Waals surface area contributed by atoms with E-state index in [1.807, 2.05) is 19.1 Å². The molecule has 0 spiro atoms. The third-order valence-electron chi connectivity index (χ3n) is 5.17. The van der Waals surface area contributed by atoms with E-state index < -0.39 is 11.9 Å². The summed E-state index contributed by atoms with van der Waals surface area (Å²) in [6.45, 7) is 5.21. The average molecular weight is 463 g/mol. The SMILES string of the molecule is CCOc1cnc(-c2ccc(NC(=O)Nc3ccc(C(N)=O)cc3)cc2)nc1N1CCOCC1. The number of primary amides is 1. The monoisotopic (exact) mass is 462 g/mol. The van der Waals surface area contributed by atoms with E-state index in [2.05, 4.69) is 20.5 Å². The van der Waals surface area contributed by atoms with Gasteiger partial charge < -0.3 is 30.7 Å². The van der Waals surface area contributed by atoms with Gasteiger partial charge >= 0.3 is 6.03 Å². The van der Waals surface area contributed by atoms with Crippen LogP contribution in [-0.4, -0.2) is 54.8 Å². The lowest BCUT2D eigenvalue weighted by atomic mass is 10.2. The maximum atomic E-state index is 12.3. The molecule has 0 unspecified atom stereocenters. The number of rotatable bonds is 7. The Morgan fingerprint density at radius 3 is 2.24 bits per heavy atom. The summed E-state index contributed by atoms with van der Waals surface area (Å²) in [5, 5.41) is 5.48. The highest BCUT2D eigenvalue weighted by Crippen LogP contribution is 2.29. The Labute approximate surface area is 197 Å². The minimum absolute atomic E-state index is 0.370. The highest BCUT2D eigenvalue weighted by atomic mass is 16.5. The van der Waals surface area contributed by atoms with E-state index in [9.17, 15) is 9.59 Å². The number of anilines is 3. The predicted octanol–water partition coefficient (Wildman–Crippen LogP) is 3.12. The zero-order valence-corrected chi connectivity index (χ0v) is 18.8. The molecule has 0 bridgehead atoms. The standard InChI is InChI=1S/C24H26N6O4/c1-2-34-20-15-26-22(29-23(20)30-11-13-33-14-12-30)17-5-9-19(10-6-17)28-24(32)27-18-7-3-16(4-8-18)21(25)31/h3-10,15H,2,11-14H2,1H3,(H2,25,31)(H2,27,28,32). The van der Waals surface area contributed by atoms with E-state index in [0.29, 0.717) is 48.3 Å². The number of aromatic nitrogens is 2. The van der Waals surface area contributed by atoms with Crippen molar-refractivity contribution in [2.75, 3.05) is 48.4 Å². The van der Waals surface area contributed by atoms with Crippen LogP contribution in [0, 0.1) is 0 Å². The first-order valence-corrected chi connectivity index (χ1v) is 10.9. The average Bonchev–Trinajstić information content (AvgIpc) is 2.86. The van der Waals surface area contributed by atoms with Crippen molar-refractivity contribution < 1.29 is 19.1 Å². The number of ether oxygens (including phenoxy) is 2. The quantitative estimate of drug-likeness (QED) is 0.491. The molecule has 1 fully saturated rings. The van der Waals surface area contributed by atoms with Gasteiger partial charge in [0.05, 0.1) is 26.0 Å². The number of benzene rings is 2. The minimum atomic E-state index is -0.523. The van der Waals surface area contributed by atoms with Gasteiger partial charge in [0, 0.05) is 35.6 Å². The van der Waals surface area contributed by atoms with Crippen molar-refractivity contribution in [3.05, 3.63) is 60.3 Å². The number of urea groups is 1. The van der Waals surface area contributed by atoms with Crippen LogP contribution in [0.15, 0.2) is 54.7 Å². The largest absolute Gasteiger partial charge is 0.488 e. The number of morpholine rings is 1. The molecule has 1 saturated heterocycles. The van der Waals surface area contributed by atoms with Crippen LogP contribution in [0.5, 0.6) is 5.75 Å². The minimum Gasteiger partial charge on any atom is -0.488 e. The van der Waals surface area contributed by atoms with Gasteiger partial charge in [0.1, 0.15) is 0 Å². The van der Waals surface area contributed by atoms with E-state index in [0.717, 1.165) is 24.5 Å². The van der Waals surface area contributed by atoms with Gasteiger partial charge in [0.25, 0.3) is 0 Å². The fourth-order valence-electron chi connectivity index (χ4n) is 3.47. The van der Waals surface area contributed by atoms with Crippen molar-refractivity contribution in [3.8, 4) is 17.1 Å². The van der Waals surface area contributed by atoms with Gasteiger partial charge in [-0.25, -0.2) is 14.8 Å². The number of hydrogen-bond donors (Lipinski definition) is 3. The molecule has 2 heterocycles. The molecule has 1 aromatic heterocycles. The molecule has 0 aliphatic carbocycles. The Morgan fingerprint density at radius 2 is 1.65 bits per heavy atom. The molecule has 10 heteroatoms. The Hall–Kier alpha value is -4.18. The lowest BCUT2D eigenvalue weighted by Crippen LogP contribution is -2.37. The Kier molecular flexibility index (Phi) is 7.19. The number of amides is 3. The highest BCUT2D eigenvalue weighted by molar-refractivity contribution is 6.00. The predicted molar refractivity (Wildman–Crippen MR) is 129 cm³/mol. The fourth-order valence-corrected chi connectivity index (χ4v) is 3.47. The van der Waals surface area contributed by atoms with Gasteiger partial charge in [-0.05, 0) is 55.5 Å². The van der Waals surface area contributed by atoms with E-state index in [1.54, 1.807) is 42.6 Å². The van der Waals surface area contributed by atoms with Crippen LogP contribution in [0.3, 0.4) is 0 Å². The number of carbonyl (C=O) groups excluding carboxylic acids is 2. The zero-order chi connectivity index (χ0) is 23.9. The molecule has 0 saturated carbocycles. The van der Waals surface area contributed by atoms with Crippen LogP contribution >= 0.6 is 0 Å². The highest BCUT2D eigenvalue weighted by Gasteiger charge is 2.19. The maximum absolute atomic E-state index is 12.3. The summed E-state index contributed by atoms with van der Waals surface area (Å²) < 4.78 is 11.2. The summed E-state index contributed by atoms with van der Waals surface area (Å²) in [6, 6.07) is 13.1. The number of carbonyl (C=O) groups is 2. The first-order valence-electron chi connectivity index (χ1n) is 10.9. The first kappa shape index (κ1) is 23.0. The number of hydrogen-bond acceptors (Lipinski definition) is 7. The van der Waals surface area contributed by atoms with Crippen LogP contribution in [0.25, 0.3) is 11.4 Å². The second-order valence-corrected chi connectivity index (χ2v) is 7.51. The second-order valence-electron chi connectivity index (χ2n) is 7.51. The van der Waals surface area contributed by atoms with E-state index in [-0.39, 0.29) is 0 Å². The smallest absolute Gasteiger partial charge is 0.323 e. The molecule has 34 heavy (non-hydrogen) atoms. The molecule has 176 valence electrons. The molecule has 1 aliphatic heterocycles. The number of nitrogens with two attached hydrogens (primary N) is 1. The van der Waals surface area contributed by atoms with Crippen molar-refractivity contribution >= 4 is 29.1 Å². The van der Waals surface area contributed by atoms with Crippen molar-refractivity contribution in [3.63, 3.8) is 0 Å². The van der Waals surface area contributed by atoms with Crippen LogP contribution in [0.2, 0.25) is 0 Å². The summed E-state index contributed by atoms with van der Waals surface area (Å²) in [7, 11) is 0. The number of nitrogens with one attached hydrogen (secondary N) is 2. The molecular weight excluding hydrogens is 436 g/mol. The van der Waals surface area contributed by atoms with Crippen LogP contribution in [0.4, 0.5) is 22.0 Å². The molecule has 1 aliphatic rings. The summed E-state index contributed by atoms with van der Waals surface area (Å²) in [4.78, 5) is 34.8. The van der Waals surface area contributed by atoms with Crippen molar-refractivity contribution in [1.29, 1.82) is 0 Å². The lowest BCUT2D eigenvalue weighted by molar-refractivity contribution is 0.1000. The first-order chi connectivity index (χ1) is 16.5. The molecule has 2 aromatic carbocycles. The Morgan fingerprint density at radius 1 is 1.03 bits per heavy atom. The van der Waals surface area contributed by atoms with Crippen LogP contribution in [-0.2, 0) is 4.74 Å². The zero-order valence-electron chi connectivity index (χ0n) is 18.8. The summed E-state index contributed by atoms with van der Waals surface area (Å²) in [5.41, 5.74) is 7.55. The molecule has 0 atom stereocenters. The fraction of sp³-hybridized carbons (Fsp3) is 0.250. The molecule has 4 N–H and O–H groups in total. The Balaban J connectivity index is 1.44. The van der Waals surface area contributed by atoms with Gasteiger partial charge in [-0.1, -0.05) is 0 Å². The topological polar surface area (TPSA) is 132 Å². The van der Waals surface area contributed by atoms with Crippen LogP contribution in [0.1, 0.15) is 17.3 Å². The van der Waals surface area contributed by atoms with E-state index in [1.165, 1.54) is 0 Å². The van der Waals surface area contributed by atoms with Crippen molar-refractivity contribution in [2.45, 2.75) is 6.92 Å². The van der Waals surface area contributed by atoms with E-state index >= 15 is 0 Å². The van der Waals surface area contributed by atoms with Gasteiger partial charge in [-0.3, -0.25) is 4.79 Å². The van der Waals surface area contributed by atoms with Gasteiger partial charge in [-0.15, -0.1) is 0 Å². The molecule has 10 nitrogen and oxygen atoms in total. The molecule has 3 amide bonds. The van der Waals surface area contributed by atoms with Crippen LogP contribution < -0.4 is 26.0 Å². The Bertz CT molecular complexity index is 1150. The maximum Gasteiger partial charge on any atom is 0.323 e. The van der Waals surface area contributed by atoms with Gasteiger partial charge in [-0.2, -0.15) is 0 Å². The third-order valence-corrected chi connectivity index (χ3v) is 5.17. The molecule has 0 radical (unpaired) electrons. The summed E-state index contributed by atoms with van der Waals surface area (Å²) >= 11 is 0. The second kappa shape index (κ2) is 10.6. The molecular formula is C24H26N6O4. The van der Waals surface area contributed by atoms with Crippen molar-refractivity contribution in [1.82, 2.24) is 9.97 Å². The lowest BCUT2D eigenvalue weighted by Gasteiger charge is -2.29. The van der Waals surface area contributed by atoms with Gasteiger partial charge in [0.2, 0.25) is 5.91 Å². The normalized spacial score (nSPS) is 13.3. The summed E-state index contributed by atoms with van der Waals surface area (Å²) in [5.74, 6) is 1.44.